The normalized spacial score (nSPS) is 11.0. The van der Waals surface area contributed by atoms with Crippen molar-refractivity contribution in [2.75, 3.05) is 30.2 Å². The fraction of sp³-hybridized carbons (Fsp3) is 0.200. The molecule has 5 aromatic rings. The Kier molecular flexibility index (Phi) is 9.13. The van der Waals surface area contributed by atoms with Crippen LogP contribution in [0.25, 0.3) is 10.8 Å². The zero-order valence-corrected chi connectivity index (χ0v) is 25.8. The number of hydrogen-bond acceptors (Lipinski definition) is 8. The van der Waals surface area contributed by atoms with E-state index in [0.29, 0.717) is 35.2 Å². The number of methoxy groups -OCH3 is 2. The van der Waals surface area contributed by atoms with E-state index < -0.39 is 12.0 Å². The minimum Gasteiger partial charge on any atom is -0.494 e. The summed E-state index contributed by atoms with van der Waals surface area (Å²) in [5.41, 5.74) is 2.56. The largest absolute Gasteiger partial charge is 0.494 e. The van der Waals surface area contributed by atoms with Crippen molar-refractivity contribution >= 4 is 40.0 Å². The highest BCUT2D eigenvalue weighted by Gasteiger charge is 2.24. The molecule has 10 heteroatoms. The van der Waals surface area contributed by atoms with Crippen LogP contribution < -0.4 is 25.4 Å². The first-order valence-electron chi connectivity index (χ1n) is 14.3. The molecule has 3 N–H and O–H groups in total. The highest BCUT2D eigenvalue weighted by Crippen LogP contribution is 2.37. The van der Waals surface area contributed by atoms with Gasteiger partial charge >= 0.3 is 12.0 Å². The number of esters is 1. The molecule has 2 heterocycles. The molecule has 5 rings (SSSR count). The molecule has 2 aromatic heterocycles. The van der Waals surface area contributed by atoms with Gasteiger partial charge in [0.1, 0.15) is 22.9 Å². The number of carbonyl (C=O) groups excluding carboxylic acids is 2. The zero-order valence-electron chi connectivity index (χ0n) is 25.8. The number of nitrogens with zero attached hydrogens (tertiary/aromatic N) is 2. The Hall–Kier alpha value is -5.64. The third-order valence-electron chi connectivity index (χ3n) is 7.08. The van der Waals surface area contributed by atoms with Gasteiger partial charge in [-0.3, -0.25) is 4.98 Å². The van der Waals surface area contributed by atoms with Crippen molar-refractivity contribution in [2.24, 2.45) is 0 Å². The molecule has 0 atom stereocenters. The summed E-state index contributed by atoms with van der Waals surface area (Å²) in [6.07, 6.45) is 3.42. The van der Waals surface area contributed by atoms with Crippen molar-refractivity contribution in [2.45, 2.75) is 32.7 Å². The molecule has 45 heavy (non-hydrogen) atoms. The number of ether oxygens (including phenoxy) is 3. The average molecular weight is 606 g/mol. The lowest BCUT2D eigenvalue weighted by molar-refractivity contribution is 0.0597. The third kappa shape index (κ3) is 7.30. The summed E-state index contributed by atoms with van der Waals surface area (Å²) in [7, 11) is 2.74. The van der Waals surface area contributed by atoms with Gasteiger partial charge in [0.05, 0.1) is 37.8 Å². The van der Waals surface area contributed by atoms with Crippen molar-refractivity contribution < 1.29 is 23.8 Å². The van der Waals surface area contributed by atoms with Gasteiger partial charge in [-0.25, -0.2) is 14.6 Å². The number of aromatic nitrogens is 2. The van der Waals surface area contributed by atoms with E-state index in [1.807, 2.05) is 69.3 Å². The average Bonchev–Trinajstić information content (AvgIpc) is 3.04. The number of benzene rings is 3. The van der Waals surface area contributed by atoms with Crippen molar-refractivity contribution in [3.63, 3.8) is 0 Å². The molecular weight excluding hydrogens is 570 g/mol. The van der Waals surface area contributed by atoms with Crippen LogP contribution in [0.3, 0.4) is 0 Å². The summed E-state index contributed by atoms with van der Waals surface area (Å²) in [6, 6.07) is 23.6. The second-order valence-corrected chi connectivity index (χ2v) is 11.2. The van der Waals surface area contributed by atoms with Crippen LogP contribution in [0, 0.1) is 0 Å². The number of anilines is 3. The number of fused-ring (bicyclic) bond motifs is 1. The maximum absolute atomic E-state index is 13.3. The maximum atomic E-state index is 13.3. The molecule has 0 saturated carbocycles. The van der Waals surface area contributed by atoms with Gasteiger partial charge in [-0.05, 0) is 53.4 Å². The van der Waals surface area contributed by atoms with E-state index in [0.717, 1.165) is 22.0 Å². The smallest absolute Gasteiger partial charge is 0.341 e. The van der Waals surface area contributed by atoms with Crippen molar-refractivity contribution in [1.29, 1.82) is 0 Å². The summed E-state index contributed by atoms with van der Waals surface area (Å²) < 4.78 is 16.8. The number of carbonyl (C=O) groups is 2. The molecule has 0 spiro atoms. The zero-order chi connectivity index (χ0) is 32.0. The van der Waals surface area contributed by atoms with Gasteiger partial charge in [0.15, 0.2) is 5.75 Å². The number of urea groups is 1. The van der Waals surface area contributed by atoms with Crippen LogP contribution in [-0.2, 0) is 16.7 Å². The predicted molar refractivity (Wildman–Crippen MR) is 175 cm³/mol. The Balaban J connectivity index is 1.37. The van der Waals surface area contributed by atoms with Gasteiger partial charge in [-0.1, -0.05) is 51.1 Å². The van der Waals surface area contributed by atoms with E-state index in [2.05, 4.69) is 25.9 Å². The Morgan fingerprint density at radius 1 is 0.800 bits per heavy atom. The van der Waals surface area contributed by atoms with Gasteiger partial charge in [0.2, 0.25) is 0 Å². The molecule has 0 bridgehead atoms. The second kappa shape index (κ2) is 13.3. The Morgan fingerprint density at radius 2 is 1.56 bits per heavy atom. The lowest BCUT2D eigenvalue weighted by Crippen LogP contribution is -2.22. The van der Waals surface area contributed by atoms with Crippen LogP contribution >= 0.6 is 0 Å². The number of rotatable bonds is 9. The van der Waals surface area contributed by atoms with Gasteiger partial charge in [-0.2, -0.15) is 0 Å². The molecule has 230 valence electrons. The monoisotopic (exact) mass is 605 g/mol. The molecule has 3 aromatic carbocycles. The molecule has 0 saturated heterocycles. The van der Waals surface area contributed by atoms with Crippen LogP contribution in [0.1, 0.15) is 42.4 Å². The van der Waals surface area contributed by atoms with Gasteiger partial charge in [-0.15, -0.1) is 0 Å². The quantitative estimate of drug-likeness (QED) is 0.146. The van der Waals surface area contributed by atoms with Crippen LogP contribution in [0.4, 0.5) is 22.0 Å². The highest BCUT2D eigenvalue weighted by atomic mass is 16.5. The predicted octanol–water partition coefficient (Wildman–Crippen LogP) is 7.77. The third-order valence-corrected chi connectivity index (χ3v) is 7.08. The highest BCUT2D eigenvalue weighted by molar-refractivity contribution is 6.08. The SMILES string of the molecule is COC(=O)c1cc(C(C)(C)C)cc(NC(=O)Nc2ccc(Oc3ccnc(NCc4ccccn4)c3)c3ccccc23)c1OC. The van der Waals surface area contributed by atoms with E-state index in [1.54, 1.807) is 42.7 Å². The summed E-state index contributed by atoms with van der Waals surface area (Å²) in [4.78, 5) is 34.6. The topological polar surface area (TPSA) is 124 Å². The number of pyridine rings is 2. The first kappa shape index (κ1) is 30.8. The number of nitrogens with one attached hydrogen (secondary N) is 3. The first-order chi connectivity index (χ1) is 21.7. The van der Waals surface area contributed by atoms with Crippen molar-refractivity contribution in [1.82, 2.24) is 9.97 Å². The summed E-state index contributed by atoms with van der Waals surface area (Å²) in [5, 5.41) is 10.6. The van der Waals surface area contributed by atoms with Crippen molar-refractivity contribution in [3.8, 4) is 17.2 Å². The van der Waals surface area contributed by atoms with Gasteiger partial charge in [0, 0.05) is 29.2 Å². The van der Waals surface area contributed by atoms with Gasteiger partial charge in [0.25, 0.3) is 0 Å². The fourth-order valence-corrected chi connectivity index (χ4v) is 4.76. The molecule has 0 unspecified atom stereocenters. The fourth-order valence-electron chi connectivity index (χ4n) is 4.76. The lowest BCUT2D eigenvalue weighted by atomic mass is 9.85. The summed E-state index contributed by atoms with van der Waals surface area (Å²) in [6.45, 7) is 6.57. The van der Waals surface area contributed by atoms with E-state index in [9.17, 15) is 9.59 Å². The standard InChI is InChI=1S/C35H35N5O5/c1-35(2,3)22-18-27(33(41)44-5)32(43-4)29(19-22)40-34(42)39-28-13-14-30(26-12-7-6-11-25(26)28)45-24-15-17-37-31(20-24)38-21-23-10-8-9-16-36-23/h6-20H,21H2,1-5H3,(H,37,38)(H2,39,40,42). The number of hydrogen-bond donors (Lipinski definition) is 3. The maximum Gasteiger partial charge on any atom is 0.341 e. The van der Waals surface area contributed by atoms with Crippen molar-refractivity contribution in [3.05, 3.63) is 108 Å². The summed E-state index contributed by atoms with van der Waals surface area (Å²) in [5.74, 6) is 1.52. The van der Waals surface area contributed by atoms with E-state index in [-0.39, 0.29) is 16.7 Å². The van der Waals surface area contributed by atoms with E-state index in [4.69, 9.17) is 14.2 Å². The van der Waals surface area contributed by atoms with Crippen LogP contribution in [0.5, 0.6) is 17.2 Å². The van der Waals surface area contributed by atoms with Crippen LogP contribution in [0.2, 0.25) is 0 Å². The van der Waals surface area contributed by atoms with E-state index in [1.165, 1.54) is 14.2 Å². The number of amides is 2. The molecule has 10 nitrogen and oxygen atoms in total. The first-order valence-corrected chi connectivity index (χ1v) is 14.3. The molecular formula is C35H35N5O5. The summed E-state index contributed by atoms with van der Waals surface area (Å²) >= 11 is 0. The van der Waals surface area contributed by atoms with E-state index >= 15 is 0 Å². The Bertz CT molecular complexity index is 1840. The lowest BCUT2D eigenvalue weighted by Gasteiger charge is -2.23. The molecule has 0 radical (unpaired) electrons. The second-order valence-electron chi connectivity index (χ2n) is 11.2. The molecule has 0 aliphatic rings. The Labute approximate surface area is 261 Å². The van der Waals surface area contributed by atoms with Gasteiger partial charge < -0.3 is 30.2 Å². The van der Waals surface area contributed by atoms with Crippen LogP contribution in [0.15, 0.2) is 91.3 Å². The molecule has 0 fully saturated rings. The molecule has 2 amide bonds. The van der Waals surface area contributed by atoms with Crippen LogP contribution in [-0.4, -0.2) is 36.2 Å². The minimum absolute atomic E-state index is 0.213. The Morgan fingerprint density at radius 3 is 2.27 bits per heavy atom. The molecule has 0 aliphatic carbocycles. The molecule has 0 aliphatic heterocycles. The minimum atomic E-state index is -0.562.